The van der Waals surface area contributed by atoms with Crippen molar-refractivity contribution >= 4 is 17.3 Å². The van der Waals surface area contributed by atoms with Gasteiger partial charge in [-0.1, -0.05) is 0 Å². The molecule has 0 amide bonds. The van der Waals surface area contributed by atoms with Crippen molar-refractivity contribution < 1.29 is 19.6 Å². The second kappa shape index (κ2) is 5.27. The largest absolute Gasteiger partial charge is 0.478 e. The second-order valence-electron chi connectivity index (χ2n) is 3.91. The number of hydrogen-bond donors (Lipinski definition) is 2. The fourth-order valence-corrected chi connectivity index (χ4v) is 1.56. The van der Waals surface area contributed by atoms with E-state index in [-0.39, 0.29) is 16.9 Å². The molecule has 0 aliphatic rings. The molecule has 2 aromatic rings. The van der Waals surface area contributed by atoms with Gasteiger partial charge in [-0.05, 0) is 30.3 Å². The monoisotopic (exact) mass is 274 g/mol. The highest BCUT2D eigenvalue weighted by Crippen LogP contribution is 2.29. The Bertz CT molecular complexity index is 667. The maximum absolute atomic E-state index is 10.7. The first-order chi connectivity index (χ1) is 9.47. The lowest BCUT2D eigenvalue weighted by Gasteiger charge is -2.06. The van der Waals surface area contributed by atoms with Gasteiger partial charge in [0.05, 0.1) is 10.5 Å². The average Bonchev–Trinajstić information content (AvgIpc) is 2.39. The Kier molecular flexibility index (Phi) is 3.52. The minimum absolute atomic E-state index is 0.00495. The SMILES string of the molecule is Nc1cc(Oc2ccc(C(=O)O)cc2)ccc1[N+](=O)[O-]. The van der Waals surface area contributed by atoms with Crippen molar-refractivity contribution in [1.82, 2.24) is 0 Å². The van der Waals surface area contributed by atoms with Crippen LogP contribution in [0.25, 0.3) is 0 Å². The number of hydrogen-bond acceptors (Lipinski definition) is 5. The van der Waals surface area contributed by atoms with E-state index in [1.807, 2.05) is 0 Å². The molecule has 0 spiro atoms. The van der Waals surface area contributed by atoms with Gasteiger partial charge >= 0.3 is 5.97 Å². The van der Waals surface area contributed by atoms with Gasteiger partial charge in [-0.15, -0.1) is 0 Å². The third kappa shape index (κ3) is 2.83. The van der Waals surface area contributed by atoms with E-state index in [4.69, 9.17) is 15.6 Å². The molecule has 7 nitrogen and oxygen atoms in total. The van der Waals surface area contributed by atoms with Crippen LogP contribution in [0.15, 0.2) is 42.5 Å². The van der Waals surface area contributed by atoms with Crippen LogP contribution in [0.4, 0.5) is 11.4 Å². The molecule has 7 heteroatoms. The number of nitrogens with two attached hydrogens (primary N) is 1. The van der Waals surface area contributed by atoms with Crippen LogP contribution < -0.4 is 10.5 Å². The zero-order valence-corrected chi connectivity index (χ0v) is 10.1. The molecular weight excluding hydrogens is 264 g/mol. The Morgan fingerprint density at radius 1 is 1.15 bits per heavy atom. The molecule has 2 aromatic carbocycles. The molecule has 3 N–H and O–H groups in total. The fourth-order valence-electron chi connectivity index (χ4n) is 1.56. The molecule has 0 heterocycles. The number of nitro groups is 1. The third-order valence-corrected chi connectivity index (χ3v) is 2.53. The Labute approximate surface area is 113 Å². The summed E-state index contributed by atoms with van der Waals surface area (Å²) in [5.41, 5.74) is 5.48. The number of anilines is 1. The van der Waals surface area contributed by atoms with E-state index in [0.717, 1.165) is 0 Å². The second-order valence-corrected chi connectivity index (χ2v) is 3.91. The lowest BCUT2D eigenvalue weighted by atomic mass is 10.2. The maximum Gasteiger partial charge on any atom is 0.335 e. The summed E-state index contributed by atoms with van der Waals surface area (Å²) in [4.78, 5) is 20.7. The van der Waals surface area contributed by atoms with Crippen LogP contribution in [-0.4, -0.2) is 16.0 Å². The molecule has 102 valence electrons. The minimum atomic E-state index is -1.03. The summed E-state index contributed by atoms with van der Waals surface area (Å²) in [6.45, 7) is 0. The topological polar surface area (TPSA) is 116 Å². The molecule has 0 radical (unpaired) electrons. The van der Waals surface area contributed by atoms with Crippen LogP contribution in [0.3, 0.4) is 0 Å². The molecular formula is C13H10N2O5. The van der Waals surface area contributed by atoms with Gasteiger partial charge in [-0.3, -0.25) is 10.1 Å². The first-order valence-corrected chi connectivity index (χ1v) is 5.52. The van der Waals surface area contributed by atoms with E-state index < -0.39 is 10.9 Å². The Morgan fingerprint density at radius 2 is 1.75 bits per heavy atom. The quantitative estimate of drug-likeness (QED) is 0.503. The highest BCUT2D eigenvalue weighted by atomic mass is 16.6. The predicted molar refractivity (Wildman–Crippen MR) is 71.0 cm³/mol. The van der Waals surface area contributed by atoms with Gasteiger partial charge < -0.3 is 15.6 Å². The van der Waals surface area contributed by atoms with Crippen molar-refractivity contribution in [3.63, 3.8) is 0 Å². The molecule has 0 fully saturated rings. The molecule has 0 aliphatic carbocycles. The van der Waals surface area contributed by atoms with Crippen molar-refractivity contribution in [3.8, 4) is 11.5 Å². The van der Waals surface area contributed by atoms with E-state index in [9.17, 15) is 14.9 Å². The van der Waals surface area contributed by atoms with E-state index in [2.05, 4.69) is 0 Å². The number of nitrogen functional groups attached to an aromatic ring is 1. The number of benzene rings is 2. The first-order valence-electron chi connectivity index (χ1n) is 5.52. The van der Waals surface area contributed by atoms with Crippen molar-refractivity contribution in [2.45, 2.75) is 0 Å². The smallest absolute Gasteiger partial charge is 0.335 e. The summed E-state index contributed by atoms with van der Waals surface area (Å²) in [5, 5.41) is 19.4. The van der Waals surface area contributed by atoms with E-state index >= 15 is 0 Å². The highest BCUT2D eigenvalue weighted by Gasteiger charge is 2.12. The lowest BCUT2D eigenvalue weighted by Crippen LogP contribution is -1.97. The summed E-state index contributed by atoms with van der Waals surface area (Å²) in [7, 11) is 0. The zero-order chi connectivity index (χ0) is 14.7. The van der Waals surface area contributed by atoms with Gasteiger partial charge in [0.1, 0.15) is 17.2 Å². The summed E-state index contributed by atoms with van der Waals surface area (Å²) >= 11 is 0. The number of rotatable bonds is 4. The molecule has 0 unspecified atom stereocenters. The van der Waals surface area contributed by atoms with E-state index in [1.165, 1.54) is 42.5 Å². The molecule has 2 rings (SSSR count). The van der Waals surface area contributed by atoms with Crippen LogP contribution in [0.2, 0.25) is 0 Å². The summed E-state index contributed by atoms with van der Waals surface area (Å²) in [6.07, 6.45) is 0. The Morgan fingerprint density at radius 3 is 2.25 bits per heavy atom. The molecule has 20 heavy (non-hydrogen) atoms. The average molecular weight is 274 g/mol. The van der Waals surface area contributed by atoms with Crippen molar-refractivity contribution in [2.75, 3.05) is 5.73 Å². The van der Waals surface area contributed by atoms with E-state index in [1.54, 1.807) is 0 Å². The van der Waals surface area contributed by atoms with Crippen LogP contribution in [0, 0.1) is 10.1 Å². The predicted octanol–water partition coefficient (Wildman–Crippen LogP) is 2.67. The van der Waals surface area contributed by atoms with E-state index in [0.29, 0.717) is 11.5 Å². The van der Waals surface area contributed by atoms with Gasteiger partial charge in [0.15, 0.2) is 0 Å². The van der Waals surface area contributed by atoms with Gasteiger partial charge in [-0.2, -0.15) is 0 Å². The maximum atomic E-state index is 10.7. The molecule has 0 atom stereocenters. The van der Waals surface area contributed by atoms with Crippen molar-refractivity contribution in [1.29, 1.82) is 0 Å². The van der Waals surface area contributed by atoms with Crippen LogP contribution in [0.1, 0.15) is 10.4 Å². The number of ether oxygens (including phenoxy) is 1. The Balaban J connectivity index is 2.19. The van der Waals surface area contributed by atoms with Gasteiger partial charge in [-0.25, -0.2) is 4.79 Å². The molecule has 0 saturated carbocycles. The lowest BCUT2D eigenvalue weighted by molar-refractivity contribution is -0.383. The minimum Gasteiger partial charge on any atom is -0.478 e. The number of carboxylic acids is 1. The van der Waals surface area contributed by atoms with Crippen LogP contribution in [-0.2, 0) is 0 Å². The van der Waals surface area contributed by atoms with Crippen LogP contribution >= 0.6 is 0 Å². The number of aromatic carboxylic acids is 1. The fraction of sp³-hybridized carbons (Fsp3) is 0. The highest BCUT2D eigenvalue weighted by molar-refractivity contribution is 5.87. The summed E-state index contributed by atoms with van der Waals surface area (Å²) < 4.78 is 5.43. The Hall–Kier alpha value is -3.09. The van der Waals surface area contributed by atoms with Gasteiger partial charge in [0.25, 0.3) is 5.69 Å². The standard InChI is InChI=1S/C13H10N2O5/c14-11-7-10(5-6-12(11)15(18)19)20-9-3-1-8(2-4-9)13(16)17/h1-7H,14H2,(H,16,17). The number of nitro benzene ring substituents is 1. The summed E-state index contributed by atoms with van der Waals surface area (Å²) in [5.74, 6) is -0.296. The van der Waals surface area contributed by atoms with Crippen LogP contribution in [0.5, 0.6) is 11.5 Å². The van der Waals surface area contributed by atoms with Crippen molar-refractivity contribution in [3.05, 3.63) is 58.1 Å². The zero-order valence-electron chi connectivity index (χ0n) is 10.1. The molecule has 0 bridgehead atoms. The number of nitrogens with zero attached hydrogens (tertiary/aromatic N) is 1. The molecule has 0 aromatic heterocycles. The van der Waals surface area contributed by atoms with Crippen molar-refractivity contribution in [2.24, 2.45) is 0 Å². The van der Waals surface area contributed by atoms with Gasteiger partial charge in [0.2, 0.25) is 0 Å². The molecule has 0 aliphatic heterocycles. The summed E-state index contributed by atoms with van der Waals surface area (Å²) in [6, 6.07) is 9.76. The normalized spacial score (nSPS) is 10.0. The van der Waals surface area contributed by atoms with Gasteiger partial charge in [0, 0.05) is 12.1 Å². The third-order valence-electron chi connectivity index (χ3n) is 2.53. The molecule has 0 saturated heterocycles. The first kappa shape index (κ1) is 13.3. The number of carbonyl (C=O) groups is 1. The number of carboxylic acid groups (broad SMARTS) is 1.